The zero-order valence-corrected chi connectivity index (χ0v) is 14.4. The van der Waals surface area contributed by atoms with Gasteiger partial charge in [0.25, 0.3) is 0 Å². The summed E-state index contributed by atoms with van der Waals surface area (Å²) in [5.41, 5.74) is 2.06. The largest absolute Gasteiger partial charge is 0.438 e. The Morgan fingerprint density at radius 3 is 2.71 bits per heavy atom. The molecule has 112 valence electrons. The van der Waals surface area contributed by atoms with Crippen LogP contribution < -0.4 is 10.1 Å². The summed E-state index contributed by atoms with van der Waals surface area (Å²) in [4.78, 5) is 8.49. The van der Waals surface area contributed by atoms with Crippen LogP contribution in [0.4, 0.5) is 5.82 Å². The number of nitrogens with zero attached hydrogens (tertiary/aromatic N) is 2. The van der Waals surface area contributed by atoms with E-state index >= 15 is 0 Å². The van der Waals surface area contributed by atoms with Crippen LogP contribution in [0, 0.1) is 6.92 Å². The number of benzene rings is 1. The Balaban J connectivity index is 2.36. The highest BCUT2D eigenvalue weighted by molar-refractivity contribution is 9.10. The third-order valence-electron chi connectivity index (χ3n) is 3.18. The lowest BCUT2D eigenvalue weighted by atomic mass is 10.0. The van der Waals surface area contributed by atoms with Gasteiger partial charge < -0.3 is 10.1 Å². The molecule has 0 saturated heterocycles. The molecule has 0 amide bonds. The molecule has 0 fully saturated rings. The van der Waals surface area contributed by atoms with E-state index < -0.39 is 0 Å². The van der Waals surface area contributed by atoms with E-state index in [1.165, 1.54) is 6.33 Å². The second kappa shape index (κ2) is 6.89. The zero-order valence-electron chi connectivity index (χ0n) is 12.8. The number of anilines is 1. The fourth-order valence-electron chi connectivity index (χ4n) is 2.05. The number of ether oxygens (including phenoxy) is 1. The first-order valence-electron chi connectivity index (χ1n) is 7.05. The van der Waals surface area contributed by atoms with Gasteiger partial charge in [0, 0.05) is 11.0 Å². The monoisotopic (exact) mass is 349 g/mol. The van der Waals surface area contributed by atoms with Crippen LogP contribution in [-0.4, -0.2) is 16.5 Å². The lowest BCUT2D eigenvalue weighted by Gasteiger charge is -2.15. The molecule has 0 aliphatic heterocycles. The van der Waals surface area contributed by atoms with Crippen molar-refractivity contribution in [2.24, 2.45) is 0 Å². The van der Waals surface area contributed by atoms with Gasteiger partial charge in [0.1, 0.15) is 17.9 Å². The topological polar surface area (TPSA) is 47.0 Å². The normalized spacial score (nSPS) is 10.8. The fourth-order valence-corrected chi connectivity index (χ4v) is 2.43. The van der Waals surface area contributed by atoms with Crippen molar-refractivity contribution in [2.75, 3.05) is 11.9 Å². The summed E-state index contributed by atoms with van der Waals surface area (Å²) in [6.45, 7) is 9.10. The van der Waals surface area contributed by atoms with Crippen molar-refractivity contribution < 1.29 is 4.74 Å². The molecular weight excluding hydrogens is 330 g/mol. The first kappa shape index (κ1) is 15.8. The van der Waals surface area contributed by atoms with Crippen LogP contribution in [0.15, 0.2) is 29.0 Å². The van der Waals surface area contributed by atoms with E-state index in [1.807, 2.05) is 26.0 Å². The molecule has 0 bridgehead atoms. The van der Waals surface area contributed by atoms with E-state index in [4.69, 9.17) is 4.74 Å². The van der Waals surface area contributed by atoms with Crippen LogP contribution >= 0.6 is 15.9 Å². The van der Waals surface area contributed by atoms with Gasteiger partial charge in [-0.25, -0.2) is 9.97 Å². The lowest BCUT2D eigenvalue weighted by Crippen LogP contribution is -2.04. The zero-order chi connectivity index (χ0) is 15.4. The highest BCUT2D eigenvalue weighted by Crippen LogP contribution is 2.34. The summed E-state index contributed by atoms with van der Waals surface area (Å²) in [6, 6.07) is 6.03. The number of rotatable bonds is 5. The standard InChI is InChI=1S/C16H20BrN3O/c1-5-18-15-11(4)16(20-9-19-15)21-14-7-6-12(17)8-13(14)10(2)3/h6-10H,5H2,1-4H3,(H,18,19,20). The molecule has 1 aromatic heterocycles. The predicted molar refractivity (Wildman–Crippen MR) is 89.2 cm³/mol. The molecular formula is C16H20BrN3O. The van der Waals surface area contributed by atoms with Crippen LogP contribution in [-0.2, 0) is 0 Å². The Hall–Kier alpha value is -1.62. The second-order valence-corrected chi connectivity index (χ2v) is 6.04. The third-order valence-corrected chi connectivity index (χ3v) is 3.68. The number of hydrogen-bond donors (Lipinski definition) is 1. The fraction of sp³-hybridized carbons (Fsp3) is 0.375. The molecule has 0 aliphatic rings. The number of nitrogens with one attached hydrogen (secondary N) is 1. The van der Waals surface area contributed by atoms with Crippen molar-refractivity contribution in [1.29, 1.82) is 0 Å². The molecule has 1 heterocycles. The van der Waals surface area contributed by atoms with Crippen LogP contribution in [0.5, 0.6) is 11.6 Å². The molecule has 0 aliphatic carbocycles. The minimum Gasteiger partial charge on any atom is -0.438 e. The molecule has 2 rings (SSSR count). The summed E-state index contributed by atoms with van der Waals surface area (Å²) < 4.78 is 7.08. The Morgan fingerprint density at radius 2 is 2.05 bits per heavy atom. The summed E-state index contributed by atoms with van der Waals surface area (Å²) >= 11 is 3.51. The van der Waals surface area contributed by atoms with Crippen LogP contribution in [0.1, 0.15) is 37.8 Å². The molecule has 0 atom stereocenters. The molecule has 1 N–H and O–H groups in total. The summed E-state index contributed by atoms with van der Waals surface area (Å²) in [5, 5.41) is 3.21. The van der Waals surface area contributed by atoms with E-state index in [1.54, 1.807) is 0 Å². The van der Waals surface area contributed by atoms with Gasteiger partial charge in [-0.2, -0.15) is 0 Å². The van der Waals surface area contributed by atoms with Gasteiger partial charge in [-0.15, -0.1) is 0 Å². The van der Waals surface area contributed by atoms with Crippen molar-refractivity contribution in [2.45, 2.75) is 33.6 Å². The molecule has 0 unspecified atom stereocenters. The molecule has 0 radical (unpaired) electrons. The molecule has 21 heavy (non-hydrogen) atoms. The van der Waals surface area contributed by atoms with Gasteiger partial charge in [0.15, 0.2) is 0 Å². The van der Waals surface area contributed by atoms with E-state index in [-0.39, 0.29) is 0 Å². The quantitative estimate of drug-likeness (QED) is 0.834. The van der Waals surface area contributed by atoms with Gasteiger partial charge in [0.05, 0.1) is 5.56 Å². The average Bonchev–Trinajstić information content (AvgIpc) is 2.45. The molecule has 4 nitrogen and oxygen atoms in total. The number of hydrogen-bond acceptors (Lipinski definition) is 4. The Kier molecular flexibility index (Phi) is 5.17. The van der Waals surface area contributed by atoms with Crippen molar-refractivity contribution in [1.82, 2.24) is 9.97 Å². The third kappa shape index (κ3) is 3.73. The lowest BCUT2D eigenvalue weighted by molar-refractivity contribution is 0.449. The molecule has 0 spiro atoms. The summed E-state index contributed by atoms with van der Waals surface area (Å²) in [5.74, 6) is 2.60. The predicted octanol–water partition coefficient (Wildman–Crippen LogP) is 4.90. The number of halogens is 1. The average molecular weight is 350 g/mol. The second-order valence-electron chi connectivity index (χ2n) is 5.12. The van der Waals surface area contributed by atoms with E-state index in [2.05, 4.69) is 51.1 Å². The maximum Gasteiger partial charge on any atom is 0.227 e. The molecule has 1 aromatic carbocycles. The van der Waals surface area contributed by atoms with E-state index in [9.17, 15) is 0 Å². The number of aromatic nitrogens is 2. The smallest absolute Gasteiger partial charge is 0.227 e. The van der Waals surface area contributed by atoms with Gasteiger partial charge >= 0.3 is 0 Å². The van der Waals surface area contributed by atoms with Crippen LogP contribution in [0.25, 0.3) is 0 Å². The van der Waals surface area contributed by atoms with Crippen LogP contribution in [0.2, 0.25) is 0 Å². The van der Waals surface area contributed by atoms with Crippen molar-refractivity contribution in [3.05, 3.63) is 40.1 Å². The van der Waals surface area contributed by atoms with Crippen molar-refractivity contribution in [3.63, 3.8) is 0 Å². The minimum atomic E-state index is 0.368. The van der Waals surface area contributed by atoms with Crippen molar-refractivity contribution in [3.8, 4) is 11.6 Å². The Morgan fingerprint density at radius 1 is 1.29 bits per heavy atom. The minimum absolute atomic E-state index is 0.368. The van der Waals surface area contributed by atoms with Crippen molar-refractivity contribution >= 4 is 21.7 Å². The van der Waals surface area contributed by atoms with Gasteiger partial charge in [0.2, 0.25) is 5.88 Å². The Bertz CT molecular complexity index is 629. The maximum absolute atomic E-state index is 6.03. The van der Waals surface area contributed by atoms with E-state index in [0.717, 1.165) is 33.7 Å². The molecule has 2 aromatic rings. The Labute approximate surface area is 134 Å². The SMILES string of the molecule is CCNc1ncnc(Oc2ccc(Br)cc2C(C)C)c1C. The van der Waals surface area contributed by atoms with Gasteiger partial charge in [-0.05, 0) is 43.5 Å². The molecule has 5 heteroatoms. The molecule has 0 saturated carbocycles. The summed E-state index contributed by atoms with van der Waals surface area (Å²) in [6.07, 6.45) is 1.52. The van der Waals surface area contributed by atoms with Gasteiger partial charge in [-0.1, -0.05) is 29.8 Å². The summed E-state index contributed by atoms with van der Waals surface area (Å²) in [7, 11) is 0. The maximum atomic E-state index is 6.03. The highest BCUT2D eigenvalue weighted by Gasteiger charge is 2.13. The highest BCUT2D eigenvalue weighted by atomic mass is 79.9. The van der Waals surface area contributed by atoms with Crippen LogP contribution in [0.3, 0.4) is 0 Å². The van der Waals surface area contributed by atoms with Gasteiger partial charge in [-0.3, -0.25) is 0 Å². The first-order valence-corrected chi connectivity index (χ1v) is 7.85. The first-order chi connectivity index (χ1) is 10.0. The van der Waals surface area contributed by atoms with E-state index in [0.29, 0.717) is 11.8 Å².